The number of hydrogen-bond acceptors (Lipinski definition) is 6. The van der Waals surface area contributed by atoms with Gasteiger partial charge in [-0.05, 0) is 30.0 Å². The van der Waals surface area contributed by atoms with E-state index in [-0.39, 0.29) is 5.91 Å². The lowest BCUT2D eigenvalue weighted by Gasteiger charge is -2.27. The van der Waals surface area contributed by atoms with Crippen molar-refractivity contribution < 1.29 is 14.1 Å². The molecule has 0 atom stereocenters. The molecule has 7 nitrogen and oxygen atoms in total. The minimum atomic E-state index is -0.138. The van der Waals surface area contributed by atoms with Crippen molar-refractivity contribution in [1.29, 1.82) is 0 Å². The van der Waals surface area contributed by atoms with Crippen LogP contribution in [-0.4, -0.2) is 47.3 Å². The molecule has 3 heterocycles. The van der Waals surface area contributed by atoms with Crippen LogP contribution in [0.5, 0.6) is 0 Å². The Morgan fingerprint density at radius 2 is 1.74 bits per heavy atom. The molecule has 2 fully saturated rings. The zero-order valence-electron chi connectivity index (χ0n) is 19.6. The van der Waals surface area contributed by atoms with E-state index in [2.05, 4.69) is 33.6 Å². The number of ether oxygens (including phenoxy) is 1. The molecule has 0 unspecified atom stereocenters. The zero-order valence-corrected chi connectivity index (χ0v) is 19.6. The quantitative estimate of drug-likeness (QED) is 0.429. The van der Waals surface area contributed by atoms with Gasteiger partial charge < -0.3 is 14.6 Å². The Labute approximate surface area is 204 Å². The van der Waals surface area contributed by atoms with E-state index in [4.69, 9.17) is 14.2 Å². The SMILES string of the molecule is O=C(NCc1ccccc1CN1CCOCC1)c1cc(C2CC2)nc2onc(-c3ccccc3)c12. The fourth-order valence-corrected chi connectivity index (χ4v) is 4.69. The molecule has 1 amide bonds. The Morgan fingerprint density at radius 1 is 1.00 bits per heavy atom. The van der Waals surface area contributed by atoms with E-state index < -0.39 is 0 Å². The van der Waals surface area contributed by atoms with Crippen molar-refractivity contribution in [3.05, 3.63) is 83.0 Å². The van der Waals surface area contributed by atoms with Gasteiger partial charge in [-0.2, -0.15) is 0 Å². The summed E-state index contributed by atoms with van der Waals surface area (Å²) in [5, 5.41) is 8.12. The maximum Gasteiger partial charge on any atom is 0.259 e. The van der Waals surface area contributed by atoms with Gasteiger partial charge in [0.15, 0.2) is 0 Å². The topological polar surface area (TPSA) is 80.5 Å². The maximum absolute atomic E-state index is 13.6. The molecule has 2 aromatic heterocycles. The van der Waals surface area contributed by atoms with E-state index in [9.17, 15) is 4.79 Å². The normalized spacial score (nSPS) is 16.5. The summed E-state index contributed by atoms with van der Waals surface area (Å²) in [6.07, 6.45) is 2.18. The van der Waals surface area contributed by atoms with Crippen LogP contribution in [0, 0.1) is 0 Å². The Balaban J connectivity index is 1.29. The van der Waals surface area contributed by atoms with Crippen LogP contribution in [0.3, 0.4) is 0 Å². The van der Waals surface area contributed by atoms with Crippen LogP contribution in [-0.2, 0) is 17.8 Å². The van der Waals surface area contributed by atoms with Gasteiger partial charge in [-0.1, -0.05) is 59.8 Å². The van der Waals surface area contributed by atoms with Crippen LogP contribution in [0.1, 0.15) is 45.9 Å². The molecule has 35 heavy (non-hydrogen) atoms. The highest BCUT2D eigenvalue weighted by Gasteiger charge is 2.29. The lowest BCUT2D eigenvalue weighted by molar-refractivity contribution is 0.0340. The molecule has 178 valence electrons. The van der Waals surface area contributed by atoms with Crippen molar-refractivity contribution in [2.45, 2.75) is 31.8 Å². The van der Waals surface area contributed by atoms with Gasteiger partial charge in [-0.3, -0.25) is 9.69 Å². The highest BCUT2D eigenvalue weighted by atomic mass is 16.5. The molecular weight excluding hydrogens is 440 g/mol. The fourth-order valence-electron chi connectivity index (χ4n) is 4.69. The Bertz CT molecular complexity index is 1340. The van der Waals surface area contributed by atoms with Gasteiger partial charge in [0, 0.05) is 43.4 Å². The lowest BCUT2D eigenvalue weighted by atomic mass is 10.0. The van der Waals surface area contributed by atoms with Gasteiger partial charge in [0.2, 0.25) is 0 Å². The van der Waals surface area contributed by atoms with E-state index >= 15 is 0 Å². The maximum atomic E-state index is 13.6. The van der Waals surface area contributed by atoms with Crippen molar-refractivity contribution in [3.63, 3.8) is 0 Å². The molecule has 4 aromatic rings. The molecule has 1 N–H and O–H groups in total. The van der Waals surface area contributed by atoms with Crippen molar-refractivity contribution in [3.8, 4) is 11.3 Å². The monoisotopic (exact) mass is 468 g/mol. The minimum Gasteiger partial charge on any atom is -0.379 e. The Morgan fingerprint density at radius 3 is 2.51 bits per heavy atom. The van der Waals surface area contributed by atoms with Crippen LogP contribution in [0.15, 0.2) is 65.2 Å². The molecule has 6 rings (SSSR count). The third-order valence-electron chi connectivity index (χ3n) is 6.81. The Hall–Kier alpha value is -3.55. The Kier molecular flexibility index (Phi) is 6.02. The standard InChI is InChI=1S/C28H28N4O3/c33-27(29-17-21-8-4-5-9-22(21)18-32-12-14-34-15-13-32)23-16-24(19-10-11-19)30-28-25(23)26(31-35-28)20-6-2-1-3-7-20/h1-9,16,19H,10-15,17-18H2,(H,29,33). The number of rotatable bonds is 7. The molecule has 7 heteroatoms. The van der Waals surface area contributed by atoms with Crippen LogP contribution in [0.25, 0.3) is 22.4 Å². The summed E-state index contributed by atoms with van der Waals surface area (Å²) >= 11 is 0. The molecular formula is C28H28N4O3. The number of nitrogens with zero attached hydrogens (tertiary/aromatic N) is 3. The summed E-state index contributed by atoms with van der Waals surface area (Å²) < 4.78 is 11.1. The second-order valence-electron chi connectivity index (χ2n) is 9.29. The van der Waals surface area contributed by atoms with Crippen LogP contribution >= 0.6 is 0 Å². The number of hydrogen-bond donors (Lipinski definition) is 1. The zero-order chi connectivity index (χ0) is 23.6. The molecule has 2 aromatic carbocycles. The third kappa shape index (κ3) is 4.70. The first-order valence-electron chi connectivity index (χ1n) is 12.3. The summed E-state index contributed by atoms with van der Waals surface area (Å²) in [5.41, 5.74) is 5.79. The number of aromatic nitrogens is 2. The van der Waals surface area contributed by atoms with E-state index in [1.54, 1.807) is 0 Å². The molecule has 1 saturated carbocycles. The van der Waals surface area contributed by atoms with Crippen LogP contribution in [0.2, 0.25) is 0 Å². The number of morpholine rings is 1. The fraction of sp³-hybridized carbons (Fsp3) is 0.321. The van der Waals surface area contributed by atoms with Crippen molar-refractivity contribution in [1.82, 2.24) is 20.4 Å². The van der Waals surface area contributed by atoms with Crippen molar-refractivity contribution >= 4 is 17.0 Å². The van der Waals surface area contributed by atoms with Gasteiger partial charge in [0.25, 0.3) is 11.6 Å². The number of nitrogens with one attached hydrogen (secondary N) is 1. The summed E-state index contributed by atoms with van der Waals surface area (Å²) in [6, 6.07) is 20.0. The third-order valence-corrected chi connectivity index (χ3v) is 6.81. The summed E-state index contributed by atoms with van der Waals surface area (Å²) in [4.78, 5) is 20.7. The van der Waals surface area contributed by atoms with Gasteiger partial charge in [-0.15, -0.1) is 0 Å². The molecule has 0 spiro atoms. The number of carbonyl (C=O) groups excluding carboxylic acids is 1. The number of fused-ring (bicyclic) bond motifs is 1. The number of benzene rings is 2. The molecule has 2 aliphatic rings. The van der Waals surface area contributed by atoms with Gasteiger partial charge in [0.1, 0.15) is 5.69 Å². The van der Waals surface area contributed by atoms with E-state index in [1.165, 1.54) is 5.56 Å². The highest BCUT2D eigenvalue weighted by Crippen LogP contribution is 2.41. The van der Waals surface area contributed by atoms with Gasteiger partial charge in [-0.25, -0.2) is 4.98 Å². The first-order valence-corrected chi connectivity index (χ1v) is 12.3. The van der Waals surface area contributed by atoms with Gasteiger partial charge in [0.05, 0.1) is 24.2 Å². The average Bonchev–Trinajstić information content (AvgIpc) is 3.67. The molecule has 1 saturated heterocycles. The molecule has 1 aliphatic carbocycles. The van der Waals surface area contributed by atoms with Crippen molar-refractivity contribution in [2.75, 3.05) is 26.3 Å². The predicted octanol–water partition coefficient (Wildman–Crippen LogP) is 4.53. The second-order valence-corrected chi connectivity index (χ2v) is 9.29. The molecule has 0 bridgehead atoms. The van der Waals surface area contributed by atoms with E-state index in [0.29, 0.717) is 34.8 Å². The average molecular weight is 469 g/mol. The van der Waals surface area contributed by atoms with E-state index in [0.717, 1.165) is 62.5 Å². The minimum absolute atomic E-state index is 0.138. The number of pyridine rings is 1. The first kappa shape index (κ1) is 21.9. The second kappa shape index (κ2) is 9.60. The van der Waals surface area contributed by atoms with Crippen LogP contribution < -0.4 is 5.32 Å². The highest BCUT2D eigenvalue weighted by molar-refractivity contribution is 6.09. The van der Waals surface area contributed by atoms with Crippen LogP contribution in [0.4, 0.5) is 0 Å². The smallest absolute Gasteiger partial charge is 0.259 e. The number of carbonyl (C=O) groups is 1. The predicted molar refractivity (Wildman–Crippen MR) is 133 cm³/mol. The lowest BCUT2D eigenvalue weighted by Crippen LogP contribution is -2.36. The molecule has 0 radical (unpaired) electrons. The first-order chi connectivity index (χ1) is 17.3. The summed E-state index contributed by atoms with van der Waals surface area (Å²) in [7, 11) is 0. The largest absolute Gasteiger partial charge is 0.379 e. The number of amides is 1. The summed E-state index contributed by atoms with van der Waals surface area (Å²) in [5.74, 6) is 0.256. The molecule has 1 aliphatic heterocycles. The van der Waals surface area contributed by atoms with Gasteiger partial charge >= 0.3 is 0 Å². The summed E-state index contributed by atoms with van der Waals surface area (Å²) in [6.45, 7) is 4.69. The van der Waals surface area contributed by atoms with E-state index in [1.807, 2.05) is 42.5 Å². The van der Waals surface area contributed by atoms with Crippen molar-refractivity contribution in [2.24, 2.45) is 0 Å².